The SMILES string of the molecule is Cc1cnn(-c2ccc(S(=O)(=O)N3CC[C@H](N)C3)cc2F)c1. The van der Waals surface area contributed by atoms with Crippen LogP contribution in [-0.2, 0) is 10.0 Å². The van der Waals surface area contributed by atoms with Gasteiger partial charge in [0.2, 0.25) is 10.0 Å². The molecule has 1 atom stereocenters. The van der Waals surface area contributed by atoms with E-state index in [0.717, 1.165) is 11.6 Å². The minimum absolute atomic E-state index is 0.0632. The summed E-state index contributed by atoms with van der Waals surface area (Å²) in [6.45, 7) is 2.48. The van der Waals surface area contributed by atoms with Crippen molar-refractivity contribution in [2.24, 2.45) is 5.73 Å². The molecule has 3 rings (SSSR count). The second kappa shape index (κ2) is 5.45. The van der Waals surface area contributed by atoms with Gasteiger partial charge in [-0.15, -0.1) is 0 Å². The number of nitrogens with two attached hydrogens (primary N) is 1. The number of hydrogen-bond donors (Lipinski definition) is 1. The molecule has 1 fully saturated rings. The van der Waals surface area contributed by atoms with Crippen molar-refractivity contribution in [1.82, 2.24) is 14.1 Å². The number of aryl methyl sites for hydroxylation is 1. The maximum atomic E-state index is 14.3. The summed E-state index contributed by atoms with van der Waals surface area (Å²) in [4.78, 5) is -0.0632. The largest absolute Gasteiger partial charge is 0.326 e. The summed E-state index contributed by atoms with van der Waals surface area (Å²) >= 11 is 0. The second-order valence-electron chi connectivity index (χ2n) is 5.49. The third kappa shape index (κ3) is 2.65. The fraction of sp³-hybridized carbons (Fsp3) is 0.357. The Morgan fingerprint density at radius 2 is 2.18 bits per heavy atom. The average molecular weight is 324 g/mol. The number of hydrogen-bond acceptors (Lipinski definition) is 4. The molecule has 0 spiro atoms. The zero-order valence-corrected chi connectivity index (χ0v) is 12.9. The van der Waals surface area contributed by atoms with Crippen molar-refractivity contribution in [3.05, 3.63) is 42.0 Å². The van der Waals surface area contributed by atoms with E-state index >= 15 is 0 Å². The summed E-state index contributed by atoms with van der Waals surface area (Å²) < 4.78 is 41.9. The molecule has 1 aromatic heterocycles. The fourth-order valence-electron chi connectivity index (χ4n) is 2.50. The van der Waals surface area contributed by atoms with Crippen LogP contribution < -0.4 is 5.73 Å². The van der Waals surface area contributed by atoms with Gasteiger partial charge in [-0.3, -0.25) is 0 Å². The van der Waals surface area contributed by atoms with Gasteiger partial charge in [-0.05, 0) is 37.1 Å². The molecular formula is C14H17FN4O2S. The highest BCUT2D eigenvalue weighted by molar-refractivity contribution is 7.89. The van der Waals surface area contributed by atoms with Crippen LogP contribution in [0.25, 0.3) is 5.69 Å². The number of halogens is 1. The highest BCUT2D eigenvalue weighted by Gasteiger charge is 2.31. The number of aromatic nitrogens is 2. The smallest absolute Gasteiger partial charge is 0.243 e. The Kier molecular flexibility index (Phi) is 3.75. The van der Waals surface area contributed by atoms with E-state index in [-0.39, 0.29) is 23.2 Å². The molecule has 22 heavy (non-hydrogen) atoms. The van der Waals surface area contributed by atoms with E-state index < -0.39 is 15.8 Å². The maximum absolute atomic E-state index is 14.3. The van der Waals surface area contributed by atoms with Crippen LogP contribution in [0.1, 0.15) is 12.0 Å². The Morgan fingerprint density at radius 1 is 1.41 bits per heavy atom. The quantitative estimate of drug-likeness (QED) is 0.915. The van der Waals surface area contributed by atoms with Gasteiger partial charge in [0, 0.05) is 25.3 Å². The van der Waals surface area contributed by atoms with Gasteiger partial charge in [-0.1, -0.05) is 0 Å². The van der Waals surface area contributed by atoms with E-state index in [1.54, 1.807) is 12.4 Å². The standard InChI is InChI=1S/C14H17FN4O2S/c1-10-7-17-19(8-10)14-3-2-12(6-13(14)15)22(20,21)18-5-4-11(16)9-18/h2-3,6-8,11H,4-5,9,16H2,1H3/t11-/m0/s1. The van der Waals surface area contributed by atoms with Crippen molar-refractivity contribution in [3.8, 4) is 5.69 Å². The molecule has 0 saturated carbocycles. The predicted octanol–water partition coefficient (Wildman–Crippen LogP) is 1.04. The van der Waals surface area contributed by atoms with E-state index in [1.165, 1.54) is 21.1 Å². The molecule has 1 aromatic carbocycles. The van der Waals surface area contributed by atoms with Crippen LogP contribution in [0.3, 0.4) is 0 Å². The predicted molar refractivity (Wildman–Crippen MR) is 79.6 cm³/mol. The van der Waals surface area contributed by atoms with Crippen molar-refractivity contribution in [3.63, 3.8) is 0 Å². The first kappa shape index (κ1) is 15.1. The molecule has 2 N–H and O–H groups in total. The van der Waals surface area contributed by atoms with E-state index in [2.05, 4.69) is 5.10 Å². The third-order valence-corrected chi connectivity index (χ3v) is 5.56. The molecule has 6 nitrogen and oxygen atoms in total. The summed E-state index contributed by atoms with van der Waals surface area (Å²) in [5, 5.41) is 4.03. The molecule has 1 aliphatic heterocycles. The lowest BCUT2D eigenvalue weighted by molar-refractivity contribution is 0.471. The van der Waals surface area contributed by atoms with Gasteiger partial charge in [0.05, 0.1) is 11.1 Å². The van der Waals surface area contributed by atoms with Gasteiger partial charge in [-0.2, -0.15) is 9.40 Å². The zero-order valence-electron chi connectivity index (χ0n) is 12.1. The Morgan fingerprint density at radius 3 is 2.73 bits per heavy atom. The maximum Gasteiger partial charge on any atom is 0.243 e. The lowest BCUT2D eigenvalue weighted by Crippen LogP contribution is -2.32. The highest BCUT2D eigenvalue weighted by Crippen LogP contribution is 2.23. The zero-order chi connectivity index (χ0) is 15.9. The Labute approximate surface area is 128 Å². The average Bonchev–Trinajstić information content (AvgIpc) is 3.08. The molecule has 0 amide bonds. The topological polar surface area (TPSA) is 81.2 Å². The van der Waals surface area contributed by atoms with Crippen molar-refractivity contribution >= 4 is 10.0 Å². The van der Waals surface area contributed by atoms with Gasteiger partial charge in [0.25, 0.3) is 0 Å². The van der Waals surface area contributed by atoms with Crippen molar-refractivity contribution in [2.75, 3.05) is 13.1 Å². The first-order chi connectivity index (χ1) is 10.4. The fourth-order valence-corrected chi connectivity index (χ4v) is 4.02. The first-order valence-corrected chi connectivity index (χ1v) is 8.39. The first-order valence-electron chi connectivity index (χ1n) is 6.95. The molecule has 118 valence electrons. The van der Waals surface area contributed by atoms with Crippen LogP contribution in [0.5, 0.6) is 0 Å². The summed E-state index contributed by atoms with van der Waals surface area (Å²) in [5.74, 6) is -0.632. The summed E-state index contributed by atoms with van der Waals surface area (Å²) in [6, 6.07) is 3.69. The van der Waals surface area contributed by atoms with E-state index in [9.17, 15) is 12.8 Å². The van der Waals surface area contributed by atoms with E-state index in [1.807, 2.05) is 6.92 Å². The molecule has 0 radical (unpaired) electrons. The summed E-state index contributed by atoms with van der Waals surface area (Å²) in [7, 11) is -3.70. The Bertz CT molecular complexity index is 803. The van der Waals surface area contributed by atoms with Gasteiger partial charge < -0.3 is 5.73 Å². The molecule has 1 saturated heterocycles. The summed E-state index contributed by atoms with van der Waals surface area (Å²) in [6.07, 6.45) is 3.90. The lowest BCUT2D eigenvalue weighted by Gasteiger charge is -2.16. The molecule has 1 aliphatic rings. The number of sulfonamides is 1. The number of nitrogens with zero attached hydrogens (tertiary/aromatic N) is 3. The number of rotatable bonds is 3. The van der Waals surface area contributed by atoms with Crippen LogP contribution >= 0.6 is 0 Å². The molecule has 0 aliphatic carbocycles. The van der Waals surface area contributed by atoms with Crippen LogP contribution in [-0.4, -0.2) is 41.6 Å². The Balaban J connectivity index is 1.95. The van der Waals surface area contributed by atoms with Gasteiger partial charge in [0.1, 0.15) is 11.5 Å². The molecule has 0 bridgehead atoms. The monoisotopic (exact) mass is 324 g/mol. The van der Waals surface area contributed by atoms with Crippen LogP contribution in [0.2, 0.25) is 0 Å². The normalized spacial score (nSPS) is 19.7. The van der Waals surface area contributed by atoms with Crippen molar-refractivity contribution < 1.29 is 12.8 Å². The van der Waals surface area contributed by atoms with E-state index in [4.69, 9.17) is 5.73 Å². The molecular weight excluding hydrogens is 307 g/mol. The van der Waals surface area contributed by atoms with Crippen molar-refractivity contribution in [1.29, 1.82) is 0 Å². The molecule has 2 aromatic rings. The van der Waals surface area contributed by atoms with Gasteiger partial charge >= 0.3 is 0 Å². The van der Waals surface area contributed by atoms with Crippen LogP contribution in [0, 0.1) is 12.7 Å². The summed E-state index contributed by atoms with van der Waals surface area (Å²) in [5.41, 5.74) is 6.84. The minimum atomic E-state index is -3.70. The second-order valence-corrected chi connectivity index (χ2v) is 7.43. The highest BCUT2D eigenvalue weighted by atomic mass is 32.2. The molecule has 8 heteroatoms. The van der Waals surface area contributed by atoms with Crippen molar-refractivity contribution in [2.45, 2.75) is 24.3 Å². The van der Waals surface area contributed by atoms with Crippen LogP contribution in [0.15, 0.2) is 35.5 Å². The lowest BCUT2D eigenvalue weighted by atomic mass is 10.3. The Hall–Kier alpha value is -1.77. The minimum Gasteiger partial charge on any atom is -0.326 e. The van der Waals surface area contributed by atoms with Crippen LogP contribution in [0.4, 0.5) is 4.39 Å². The van der Waals surface area contributed by atoms with E-state index in [0.29, 0.717) is 13.0 Å². The van der Waals surface area contributed by atoms with Gasteiger partial charge in [-0.25, -0.2) is 17.5 Å². The third-order valence-electron chi connectivity index (χ3n) is 3.70. The number of benzene rings is 1. The molecule has 0 unspecified atom stereocenters. The molecule has 2 heterocycles. The van der Waals surface area contributed by atoms with Gasteiger partial charge in [0.15, 0.2) is 0 Å².